The number of imidazole rings is 1. The fourth-order valence-corrected chi connectivity index (χ4v) is 2.59. The number of ether oxygens (including phenoxy) is 2. The minimum atomic E-state index is -0.327. The van der Waals surface area contributed by atoms with E-state index >= 15 is 0 Å². The van der Waals surface area contributed by atoms with Crippen molar-refractivity contribution in [3.63, 3.8) is 0 Å². The Labute approximate surface area is 125 Å². The molecule has 2 aromatic carbocycles. The topological polar surface area (TPSA) is 39.2 Å². The largest absolute Gasteiger partial charge is 0.497 e. The zero-order valence-corrected chi connectivity index (χ0v) is 12.3. The molecule has 0 atom stereocenters. The number of benzene rings is 2. The average Bonchev–Trinajstić information content (AvgIpc) is 2.81. The zero-order chi connectivity index (χ0) is 15.0. The molecule has 0 aliphatic rings. The third kappa shape index (κ3) is 2.27. The Morgan fingerprint density at radius 3 is 2.62 bits per heavy atom. The van der Waals surface area contributed by atoms with E-state index in [1.54, 1.807) is 43.1 Å². The standard InChI is InChI=1S/C15H13FN2O2S/c1-19-10-4-6-14(20-2)13(8-10)18-12-7-9(16)3-5-11(12)17-15(18)21/h3-8H,1-2H3,(H,17,21). The van der Waals surface area contributed by atoms with E-state index in [9.17, 15) is 4.39 Å². The maximum absolute atomic E-state index is 13.6. The van der Waals surface area contributed by atoms with Gasteiger partial charge >= 0.3 is 0 Å². The van der Waals surface area contributed by atoms with Crippen LogP contribution in [0.2, 0.25) is 0 Å². The third-order valence-electron chi connectivity index (χ3n) is 3.27. The number of methoxy groups -OCH3 is 2. The van der Waals surface area contributed by atoms with Crippen molar-refractivity contribution in [2.75, 3.05) is 14.2 Å². The Kier molecular flexibility index (Phi) is 3.39. The average molecular weight is 304 g/mol. The van der Waals surface area contributed by atoms with Gasteiger partial charge in [-0.3, -0.25) is 4.57 Å². The van der Waals surface area contributed by atoms with Gasteiger partial charge in [0.05, 0.1) is 30.9 Å². The van der Waals surface area contributed by atoms with Crippen molar-refractivity contribution >= 4 is 23.3 Å². The summed E-state index contributed by atoms with van der Waals surface area (Å²) in [5.41, 5.74) is 2.09. The number of aromatic nitrogens is 2. The van der Waals surface area contributed by atoms with E-state index in [0.29, 0.717) is 27.5 Å². The summed E-state index contributed by atoms with van der Waals surface area (Å²) in [6.45, 7) is 0. The number of rotatable bonds is 3. The van der Waals surface area contributed by atoms with Crippen LogP contribution in [-0.2, 0) is 0 Å². The van der Waals surface area contributed by atoms with Crippen molar-refractivity contribution in [2.24, 2.45) is 0 Å². The summed E-state index contributed by atoms with van der Waals surface area (Å²) in [4.78, 5) is 3.06. The Balaban J connectivity index is 2.36. The van der Waals surface area contributed by atoms with Crippen LogP contribution < -0.4 is 9.47 Å². The van der Waals surface area contributed by atoms with Gasteiger partial charge in [-0.15, -0.1) is 0 Å². The van der Waals surface area contributed by atoms with E-state index in [1.807, 2.05) is 0 Å². The van der Waals surface area contributed by atoms with Gasteiger partial charge in [-0.1, -0.05) is 0 Å². The number of hydrogen-bond donors (Lipinski definition) is 1. The lowest BCUT2D eigenvalue weighted by Gasteiger charge is -2.12. The quantitative estimate of drug-likeness (QED) is 0.747. The molecule has 0 aliphatic carbocycles. The monoisotopic (exact) mass is 304 g/mol. The first-order chi connectivity index (χ1) is 10.1. The molecule has 0 unspecified atom stereocenters. The Bertz CT molecular complexity index is 870. The van der Waals surface area contributed by atoms with Crippen LogP contribution in [0.1, 0.15) is 0 Å². The first-order valence-electron chi connectivity index (χ1n) is 6.26. The first kappa shape index (κ1) is 13.6. The van der Waals surface area contributed by atoms with Crippen molar-refractivity contribution in [1.82, 2.24) is 9.55 Å². The highest BCUT2D eigenvalue weighted by Gasteiger charge is 2.13. The van der Waals surface area contributed by atoms with Crippen LogP contribution in [0.5, 0.6) is 11.5 Å². The molecule has 0 amide bonds. The van der Waals surface area contributed by atoms with Crippen molar-refractivity contribution in [2.45, 2.75) is 0 Å². The molecule has 1 heterocycles. The molecule has 0 radical (unpaired) electrons. The molecule has 0 saturated carbocycles. The fraction of sp³-hybridized carbons (Fsp3) is 0.133. The summed E-state index contributed by atoms with van der Waals surface area (Å²) in [7, 11) is 3.16. The molecule has 6 heteroatoms. The second-order valence-electron chi connectivity index (χ2n) is 4.46. The second kappa shape index (κ2) is 5.21. The number of fused-ring (bicyclic) bond motifs is 1. The van der Waals surface area contributed by atoms with Gasteiger partial charge in [0.1, 0.15) is 17.3 Å². The van der Waals surface area contributed by atoms with Gasteiger partial charge < -0.3 is 14.5 Å². The van der Waals surface area contributed by atoms with Crippen LogP contribution in [0.25, 0.3) is 16.7 Å². The van der Waals surface area contributed by atoms with Gasteiger partial charge in [0.2, 0.25) is 0 Å². The summed E-state index contributed by atoms with van der Waals surface area (Å²) >= 11 is 5.35. The SMILES string of the molecule is COc1ccc(OC)c(-n2c(=S)[nH]c3ccc(F)cc32)c1. The molecular formula is C15H13FN2O2S. The zero-order valence-electron chi connectivity index (χ0n) is 11.5. The first-order valence-corrected chi connectivity index (χ1v) is 6.67. The highest BCUT2D eigenvalue weighted by atomic mass is 32.1. The Morgan fingerprint density at radius 1 is 1.10 bits per heavy atom. The van der Waals surface area contributed by atoms with E-state index in [2.05, 4.69) is 4.98 Å². The maximum atomic E-state index is 13.6. The number of aromatic amines is 1. The third-order valence-corrected chi connectivity index (χ3v) is 3.56. The van der Waals surface area contributed by atoms with Gasteiger partial charge in [-0.25, -0.2) is 4.39 Å². The number of halogens is 1. The predicted octanol–water partition coefficient (Wildman–Crippen LogP) is 3.84. The molecule has 3 aromatic rings. The molecule has 4 nitrogen and oxygen atoms in total. The molecule has 0 saturated heterocycles. The van der Waals surface area contributed by atoms with E-state index < -0.39 is 0 Å². The summed E-state index contributed by atoms with van der Waals surface area (Å²) in [6.07, 6.45) is 0. The van der Waals surface area contributed by atoms with Gasteiger partial charge in [0.25, 0.3) is 0 Å². The lowest BCUT2D eigenvalue weighted by atomic mass is 10.2. The Morgan fingerprint density at radius 2 is 1.90 bits per heavy atom. The maximum Gasteiger partial charge on any atom is 0.182 e. The second-order valence-corrected chi connectivity index (χ2v) is 4.85. The van der Waals surface area contributed by atoms with Crippen molar-refractivity contribution in [1.29, 1.82) is 0 Å². The van der Waals surface area contributed by atoms with E-state index in [0.717, 1.165) is 5.52 Å². The van der Waals surface area contributed by atoms with Gasteiger partial charge in [0.15, 0.2) is 4.77 Å². The van der Waals surface area contributed by atoms with Crippen LogP contribution >= 0.6 is 12.2 Å². The molecule has 1 aromatic heterocycles. The lowest BCUT2D eigenvalue weighted by Crippen LogP contribution is -1.99. The van der Waals surface area contributed by atoms with E-state index in [4.69, 9.17) is 21.7 Å². The number of nitrogens with zero attached hydrogens (tertiary/aromatic N) is 1. The van der Waals surface area contributed by atoms with Crippen LogP contribution in [0.3, 0.4) is 0 Å². The van der Waals surface area contributed by atoms with Gasteiger partial charge in [-0.05, 0) is 36.5 Å². The minimum absolute atomic E-state index is 0.327. The van der Waals surface area contributed by atoms with E-state index in [1.165, 1.54) is 12.1 Å². The highest BCUT2D eigenvalue weighted by Crippen LogP contribution is 2.30. The summed E-state index contributed by atoms with van der Waals surface area (Å²) < 4.78 is 26.4. The molecule has 21 heavy (non-hydrogen) atoms. The lowest BCUT2D eigenvalue weighted by molar-refractivity contribution is 0.401. The van der Waals surface area contributed by atoms with Crippen LogP contribution in [-0.4, -0.2) is 23.8 Å². The predicted molar refractivity (Wildman–Crippen MR) is 81.5 cm³/mol. The molecule has 1 N–H and O–H groups in total. The molecule has 3 rings (SSSR count). The molecule has 0 aliphatic heterocycles. The molecule has 108 valence electrons. The summed E-state index contributed by atoms with van der Waals surface area (Å²) in [5, 5.41) is 0. The normalized spacial score (nSPS) is 10.8. The number of nitrogens with one attached hydrogen (secondary N) is 1. The molecule has 0 spiro atoms. The van der Waals surface area contributed by atoms with Crippen LogP contribution in [0, 0.1) is 10.6 Å². The smallest absolute Gasteiger partial charge is 0.182 e. The minimum Gasteiger partial charge on any atom is -0.497 e. The summed E-state index contributed by atoms with van der Waals surface area (Å²) in [6, 6.07) is 9.85. The van der Waals surface area contributed by atoms with Crippen molar-refractivity contribution < 1.29 is 13.9 Å². The van der Waals surface area contributed by atoms with Crippen molar-refractivity contribution in [3.05, 3.63) is 47.0 Å². The molecule has 0 fully saturated rings. The Hall–Kier alpha value is -2.34. The highest BCUT2D eigenvalue weighted by molar-refractivity contribution is 7.71. The molecule has 0 bridgehead atoms. The number of H-pyrrole nitrogens is 1. The fourth-order valence-electron chi connectivity index (χ4n) is 2.29. The van der Waals surface area contributed by atoms with Crippen LogP contribution in [0.15, 0.2) is 36.4 Å². The van der Waals surface area contributed by atoms with Gasteiger partial charge in [-0.2, -0.15) is 0 Å². The summed E-state index contributed by atoms with van der Waals surface area (Å²) in [5.74, 6) is 0.961. The van der Waals surface area contributed by atoms with Gasteiger partial charge in [0, 0.05) is 12.1 Å². The van der Waals surface area contributed by atoms with Crippen LogP contribution in [0.4, 0.5) is 4.39 Å². The molecular weight excluding hydrogens is 291 g/mol. The van der Waals surface area contributed by atoms with E-state index in [-0.39, 0.29) is 5.82 Å². The number of hydrogen-bond acceptors (Lipinski definition) is 3. The van der Waals surface area contributed by atoms with Crippen molar-refractivity contribution in [3.8, 4) is 17.2 Å².